The maximum Gasteiger partial charge on any atom is 0.229 e. The van der Waals surface area contributed by atoms with E-state index in [1.54, 1.807) is 0 Å². The second kappa shape index (κ2) is 6.11. The van der Waals surface area contributed by atoms with E-state index in [4.69, 9.17) is 5.73 Å². The fourth-order valence-electron chi connectivity index (χ4n) is 1.40. The predicted molar refractivity (Wildman–Crippen MR) is 64.5 cm³/mol. The highest BCUT2D eigenvalue weighted by molar-refractivity contribution is 5.82. The van der Waals surface area contributed by atoms with Crippen LogP contribution in [0.5, 0.6) is 0 Å². The average Bonchev–Trinajstić information content (AvgIpc) is 2.23. The van der Waals surface area contributed by atoms with Crippen LogP contribution in [-0.4, -0.2) is 30.9 Å². The molecule has 1 amide bonds. The van der Waals surface area contributed by atoms with Crippen molar-refractivity contribution in [3.05, 3.63) is 0 Å². The first kappa shape index (κ1) is 14.4. The topological polar surface area (TPSA) is 46.3 Å². The Kier molecular flexibility index (Phi) is 5.88. The zero-order valence-electron chi connectivity index (χ0n) is 10.8. The van der Waals surface area contributed by atoms with Gasteiger partial charge in [-0.3, -0.25) is 4.79 Å². The highest BCUT2D eigenvalue weighted by atomic mass is 16.2. The maximum atomic E-state index is 12.1. The molecule has 0 aromatic rings. The van der Waals surface area contributed by atoms with Gasteiger partial charge in [0, 0.05) is 20.1 Å². The van der Waals surface area contributed by atoms with Crippen LogP contribution in [0.4, 0.5) is 0 Å². The van der Waals surface area contributed by atoms with Crippen LogP contribution in [0.1, 0.15) is 40.5 Å². The van der Waals surface area contributed by atoms with Crippen LogP contribution < -0.4 is 5.73 Å². The lowest BCUT2D eigenvalue weighted by Gasteiger charge is -2.31. The molecule has 0 aliphatic rings. The Morgan fingerprint density at radius 2 is 2.00 bits per heavy atom. The Hall–Kier alpha value is -0.570. The molecule has 0 fully saturated rings. The maximum absolute atomic E-state index is 12.1. The van der Waals surface area contributed by atoms with E-state index in [0.29, 0.717) is 12.5 Å². The minimum absolute atomic E-state index is 0.174. The van der Waals surface area contributed by atoms with E-state index in [1.807, 2.05) is 25.8 Å². The lowest BCUT2D eigenvalue weighted by atomic mass is 9.86. The molecule has 0 radical (unpaired) electrons. The van der Waals surface area contributed by atoms with Crippen molar-refractivity contribution in [1.82, 2.24) is 4.90 Å². The van der Waals surface area contributed by atoms with E-state index in [9.17, 15) is 4.79 Å². The molecule has 0 saturated carbocycles. The molecule has 0 bridgehead atoms. The van der Waals surface area contributed by atoms with E-state index in [1.165, 1.54) is 0 Å². The summed E-state index contributed by atoms with van der Waals surface area (Å²) in [6, 6.07) is 0. The van der Waals surface area contributed by atoms with Crippen molar-refractivity contribution < 1.29 is 4.79 Å². The number of carbonyl (C=O) groups excluding carboxylic acids is 1. The first-order chi connectivity index (χ1) is 6.87. The van der Waals surface area contributed by atoms with E-state index in [0.717, 1.165) is 19.4 Å². The van der Waals surface area contributed by atoms with Gasteiger partial charge < -0.3 is 10.6 Å². The van der Waals surface area contributed by atoms with Gasteiger partial charge >= 0.3 is 0 Å². The molecule has 90 valence electrons. The molecule has 2 N–H and O–H groups in total. The summed E-state index contributed by atoms with van der Waals surface area (Å²) in [5, 5.41) is 0. The molecular formula is C12H26N2O. The van der Waals surface area contributed by atoms with Gasteiger partial charge in [0.25, 0.3) is 0 Å². The molecule has 0 aliphatic carbocycles. The van der Waals surface area contributed by atoms with Crippen LogP contribution >= 0.6 is 0 Å². The summed E-state index contributed by atoms with van der Waals surface area (Å²) in [6.07, 6.45) is 1.85. The van der Waals surface area contributed by atoms with Crippen LogP contribution in [0.2, 0.25) is 0 Å². The quantitative estimate of drug-likeness (QED) is 0.733. The van der Waals surface area contributed by atoms with Gasteiger partial charge in [0.2, 0.25) is 5.91 Å². The lowest BCUT2D eigenvalue weighted by molar-refractivity contribution is -0.139. The van der Waals surface area contributed by atoms with Gasteiger partial charge in [0.1, 0.15) is 0 Å². The molecule has 3 heteroatoms. The lowest BCUT2D eigenvalue weighted by Crippen LogP contribution is -2.44. The fraction of sp³-hybridized carbons (Fsp3) is 0.917. The summed E-state index contributed by atoms with van der Waals surface area (Å²) in [5.74, 6) is 0.805. The van der Waals surface area contributed by atoms with Gasteiger partial charge in [0.05, 0.1) is 5.41 Å². The van der Waals surface area contributed by atoms with Crippen LogP contribution in [0.15, 0.2) is 0 Å². The van der Waals surface area contributed by atoms with Gasteiger partial charge in [-0.15, -0.1) is 0 Å². The Morgan fingerprint density at radius 1 is 1.47 bits per heavy atom. The molecule has 0 aromatic heterocycles. The monoisotopic (exact) mass is 214 g/mol. The highest BCUT2D eigenvalue weighted by Crippen LogP contribution is 2.22. The molecule has 0 rings (SSSR count). The number of hydrogen-bond donors (Lipinski definition) is 1. The minimum atomic E-state index is -0.383. The number of rotatable bonds is 6. The number of nitrogens with two attached hydrogens (primary N) is 1. The van der Waals surface area contributed by atoms with Crippen LogP contribution in [0.3, 0.4) is 0 Å². The normalized spacial score (nSPS) is 15.1. The smallest absolute Gasteiger partial charge is 0.229 e. The Labute approximate surface area is 94.0 Å². The number of nitrogens with zero attached hydrogens (tertiary/aromatic N) is 1. The van der Waals surface area contributed by atoms with Gasteiger partial charge in [-0.2, -0.15) is 0 Å². The fourth-order valence-corrected chi connectivity index (χ4v) is 1.40. The third kappa shape index (κ3) is 4.20. The van der Waals surface area contributed by atoms with E-state index in [2.05, 4.69) is 13.8 Å². The first-order valence-corrected chi connectivity index (χ1v) is 5.83. The molecule has 0 aliphatic heterocycles. The Bertz CT molecular complexity index is 198. The van der Waals surface area contributed by atoms with Crippen molar-refractivity contribution in [3.8, 4) is 0 Å². The second-order valence-electron chi connectivity index (χ2n) is 5.03. The Balaban J connectivity index is 4.30. The summed E-state index contributed by atoms with van der Waals surface area (Å²) < 4.78 is 0. The largest absolute Gasteiger partial charge is 0.345 e. The van der Waals surface area contributed by atoms with Crippen LogP contribution in [0.25, 0.3) is 0 Å². The van der Waals surface area contributed by atoms with Gasteiger partial charge in [0.15, 0.2) is 0 Å². The summed E-state index contributed by atoms with van der Waals surface area (Å²) >= 11 is 0. The van der Waals surface area contributed by atoms with E-state index < -0.39 is 0 Å². The molecule has 0 aromatic carbocycles. The molecule has 1 unspecified atom stereocenters. The number of hydrogen-bond acceptors (Lipinski definition) is 2. The van der Waals surface area contributed by atoms with Crippen molar-refractivity contribution in [3.63, 3.8) is 0 Å². The number of amides is 1. The molecule has 0 saturated heterocycles. The van der Waals surface area contributed by atoms with Crippen molar-refractivity contribution in [1.29, 1.82) is 0 Å². The average molecular weight is 214 g/mol. The van der Waals surface area contributed by atoms with Crippen molar-refractivity contribution >= 4 is 5.91 Å². The summed E-state index contributed by atoms with van der Waals surface area (Å²) in [6.45, 7) is 9.54. The standard InChI is InChI=1S/C12H26N2O/c1-6-12(4,9-13)11(15)14(5)8-7-10(2)3/h10H,6-9,13H2,1-5H3. The van der Waals surface area contributed by atoms with Crippen LogP contribution in [-0.2, 0) is 4.79 Å². The number of carbonyl (C=O) groups is 1. The summed E-state index contributed by atoms with van der Waals surface area (Å²) in [7, 11) is 1.87. The van der Waals surface area contributed by atoms with Gasteiger partial charge in [-0.25, -0.2) is 0 Å². The molecule has 0 spiro atoms. The zero-order valence-corrected chi connectivity index (χ0v) is 10.8. The van der Waals surface area contributed by atoms with Crippen molar-refractivity contribution in [2.24, 2.45) is 17.1 Å². The molecule has 15 heavy (non-hydrogen) atoms. The molecular weight excluding hydrogens is 188 g/mol. The van der Waals surface area contributed by atoms with E-state index >= 15 is 0 Å². The third-order valence-electron chi connectivity index (χ3n) is 3.14. The summed E-state index contributed by atoms with van der Waals surface area (Å²) in [4.78, 5) is 13.9. The SMILES string of the molecule is CCC(C)(CN)C(=O)N(C)CCC(C)C. The molecule has 1 atom stereocenters. The van der Waals surface area contributed by atoms with Gasteiger partial charge in [-0.1, -0.05) is 20.8 Å². The van der Waals surface area contributed by atoms with Gasteiger partial charge in [-0.05, 0) is 25.7 Å². The Morgan fingerprint density at radius 3 is 2.33 bits per heavy atom. The minimum Gasteiger partial charge on any atom is -0.345 e. The second-order valence-corrected chi connectivity index (χ2v) is 5.03. The highest BCUT2D eigenvalue weighted by Gasteiger charge is 2.31. The molecule has 3 nitrogen and oxygen atoms in total. The first-order valence-electron chi connectivity index (χ1n) is 5.83. The van der Waals surface area contributed by atoms with E-state index in [-0.39, 0.29) is 11.3 Å². The van der Waals surface area contributed by atoms with Crippen molar-refractivity contribution in [2.45, 2.75) is 40.5 Å². The van der Waals surface area contributed by atoms with Crippen molar-refractivity contribution in [2.75, 3.05) is 20.1 Å². The molecule has 0 heterocycles. The predicted octanol–water partition coefficient (Wildman–Crippen LogP) is 1.87. The summed E-state index contributed by atoms with van der Waals surface area (Å²) in [5.41, 5.74) is 5.28. The van der Waals surface area contributed by atoms with Crippen LogP contribution in [0, 0.1) is 11.3 Å². The third-order valence-corrected chi connectivity index (χ3v) is 3.14. The zero-order chi connectivity index (χ0) is 12.1.